The molecule has 31 heavy (non-hydrogen) atoms. The molecule has 3 heterocycles. The number of methoxy groups -OCH3 is 1. The number of ether oxygens (including phenoxy) is 1. The van der Waals surface area contributed by atoms with E-state index in [2.05, 4.69) is 16.0 Å². The van der Waals surface area contributed by atoms with E-state index in [0.717, 1.165) is 4.57 Å². The molecule has 3 aromatic heterocycles. The Balaban J connectivity index is 1.88. The van der Waals surface area contributed by atoms with E-state index in [9.17, 15) is 9.18 Å². The Bertz CT molecular complexity index is 1570. The van der Waals surface area contributed by atoms with Crippen molar-refractivity contribution >= 4 is 16.7 Å². The first kappa shape index (κ1) is 18.6. The number of benzene rings is 2. The predicted molar refractivity (Wildman–Crippen MR) is 110 cm³/mol. The van der Waals surface area contributed by atoms with Crippen LogP contribution in [-0.4, -0.2) is 26.0 Å². The molecule has 152 valence electrons. The summed E-state index contributed by atoms with van der Waals surface area (Å²) in [6.45, 7) is 0. The Labute approximate surface area is 174 Å². The lowest BCUT2D eigenvalue weighted by atomic mass is 9.99. The van der Waals surface area contributed by atoms with Crippen LogP contribution in [0.4, 0.5) is 4.39 Å². The van der Waals surface area contributed by atoms with Gasteiger partial charge in [-0.3, -0.25) is 8.97 Å². The standard InChI is InChI=1S/C22H14FN5O3/c1-27-19-15(23)9-14(10-16(19)31-22(27)29)17-18(13-5-3-12(11-24)4-6-13)26-21(30-2)28-8-7-25-20(17)28/h3-10H,1-2H3. The zero-order valence-electron chi connectivity index (χ0n) is 16.5. The number of aryl methyl sites for hydroxylation is 1. The van der Waals surface area contributed by atoms with Crippen LogP contribution in [-0.2, 0) is 7.05 Å². The molecule has 0 aliphatic carbocycles. The van der Waals surface area contributed by atoms with Crippen molar-refractivity contribution in [1.29, 1.82) is 5.26 Å². The quantitative estimate of drug-likeness (QED) is 0.447. The van der Waals surface area contributed by atoms with Crippen LogP contribution in [0.2, 0.25) is 0 Å². The summed E-state index contributed by atoms with van der Waals surface area (Å²) in [7, 11) is 2.94. The van der Waals surface area contributed by atoms with Crippen molar-refractivity contribution in [2.45, 2.75) is 0 Å². The molecule has 0 unspecified atom stereocenters. The normalized spacial score (nSPS) is 11.2. The van der Waals surface area contributed by atoms with Gasteiger partial charge < -0.3 is 9.15 Å². The summed E-state index contributed by atoms with van der Waals surface area (Å²) in [6.07, 6.45) is 3.27. The Kier molecular flexibility index (Phi) is 4.08. The van der Waals surface area contributed by atoms with Gasteiger partial charge in [0.15, 0.2) is 17.0 Å². The van der Waals surface area contributed by atoms with E-state index in [0.29, 0.717) is 39.6 Å². The molecule has 0 atom stereocenters. The Hall–Kier alpha value is -4.45. The molecule has 0 radical (unpaired) electrons. The minimum Gasteiger partial charge on any atom is -0.468 e. The molecule has 2 aromatic carbocycles. The third kappa shape index (κ3) is 2.77. The third-order valence-corrected chi connectivity index (χ3v) is 5.11. The lowest BCUT2D eigenvalue weighted by molar-refractivity contribution is 0.375. The topological polar surface area (TPSA) is 98.4 Å². The Morgan fingerprint density at radius 3 is 2.68 bits per heavy atom. The van der Waals surface area contributed by atoms with Crippen molar-refractivity contribution in [2.24, 2.45) is 7.05 Å². The van der Waals surface area contributed by atoms with E-state index in [1.807, 2.05) is 0 Å². The number of halogens is 1. The van der Waals surface area contributed by atoms with Gasteiger partial charge >= 0.3 is 11.8 Å². The first-order valence-corrected chi connectivity index (χ1v) is 9.23. The number of fused-ring (bicyclic) bond motifs is 2. The van der Waals surface area contributed by atoms with Gasteiger partial charge in [0, 0.05) is 25.0 Å². The van der Waals surface area contributed by atoms with Crippen molar-refractivity contribution in [2.75, 3.05) is 7.11 Å². The monoisotopic (exact) mass is 415 g/mol. The molecule has 5 rings (SSSR count). The summed E-state index contributed by atoms with van der Waals surface area (Å²) in [5.74, 6) is -1.26. The van der Waals surface area contributed by atoms with Gasteiger partial charge in [-0.15, -0.1) is 0 Å². The number of hydrogen-bond acceptors (Lipinski definition) is 6. The van der Waals surface area contributed by atoms with Gasteiger partial charge in [0.05, 0.1) is 30.0 Å². The highest BCUT2D eigenvalue weighted by Gasteiger charge is 2.22. The van der Waals surface area contributed by atoms with Crippen molar-refractivity contribution in [3.05, 3.63) is 70.7 Å². The lowest BCUT2D eigenvalue weighted by Crippen LogP contribution is -2.09. The van der Waals surface area contributed by atoms with E-state index in [1.54, 1.807) is 47.1 Å². The van der Waals surface area contributed by atoms with Gasteiger partial charge in [-0.05, 0) is 29.8 Å². The first-order valence-electron chi connectivity index (χ1n) is 9.23. The fourth-order valence-electron chi connectivity index (χ4n) is 3.65. The van der Waals surface area contributed by atoms with Crippen molar-refractivity contribution in [3.8, 4) is 34.5 Å². The highest BCUT2D eigenvalue weighted by molar-refractivity contribution is 5.93. The summed E-state index contributed by atoms with van der Waals surface area (Å²) in [5, 5.41) is 9.10. The molecule has 0 amide bonds. The van der Waals surface area contributed by atoms with Crippen LogP contribution < -0.4 is 10.5 Å². The maximum Gasteiger partial charge on any atom is 0.419 e. The summed E-state index contributed by atoms with van der Waals surface area (Å²) >= 11 is 0. The largest absolute Gasteiger partial charge is 0.468 e. The van der Waals surface area contributed by atoms with E-state index in [1.165, 1.54) is 20.2 Å². The molecule has 0 aliphatic heterocycles. The van der Waals surface area contributed by atoms with Crippen molar-refractivity contribution in [1.82, 2.24) is 18.9 Å². The minimum absolute atomic E-state index is 0.0782. The van der Waals surface area contributed by atoms with Gasteiger partial charge in [0.2, 0.25) is 0 Å². The lowest BCUT2D eigenvalue weighted by Gasteiger charge is -2.14. The fraction of sp³-hybridized carbons (Fsp3) is 0.0909. The van der Waals surface area contributed by atoms with Crippen LogP contribution in [0.3, 0.4) is 0 Å². The summed E-state index contributed by atoms with van der Waals surface area (Å²) in [4.78, 5) is 21.0. The Morgan fingerprint density at radius 2 is 1.97 bits per heavy atom. The van der Waals surface area contributed by atoms with Crippen LogP contribution in [0.1, 0.15) is 5.56 Å². The van der Waals surface area contributed by atoms with Gasteiger partial charge in [-0.2, -0.15) is 10.2 Å². The fourth-order valence-corrected chi connectivity index (χ4v) is 3.65. The van der Waals surface area contributed by atoms with E-state index < -0.39 is 11.6 Å². The summed E-state index contributed by atoms with van der Waals surface area (Å²) in [5.41, 5.74) is 3.32. The number of hydrogen-bond donors (Lipinski definition) is 0. The molecule has 0 spiro atoms. The predicted octanol–water partition coefficient (Wildman–Crippen LogP) is 3.53. The van der Waals surface area contributed by atoms with Crippen LogP contribution in [0.15, 0.2) is 58.0 Å². The first-order chi connectivity index (χ1) is 15.0. The number of imidazole rings is 1. The second-order valence-corrected chi connectivity index (χ2v) is 6.86. The third-order valence-electron chi connectivity index (χ3n) is 5.11. The highest BCUT2D eigenvalue weighted by atomic mass is 19.1. The van der Waals surface area contributed by atoms with Crippen LogP contribution >= 0.6 is 0 Å². The molecule has 5 aromatic rings. The van der Waals surface area contributed by atoms with Gasteiger partial charge in [-0.25, -0.2) is 14.2 Å². The summed E-state index contributed by atoms with van der Waals surface area (Å²) < 4.78 is 28.4. The van der Waals surface area contributed by atoms with Gasteiger partial charge in [0.1, 0.15) is 5.52 Å². The summed E-state index contributed by atoms with van der Waals surface area (Å²) in [6, 6.07) is 12.1. The molecule has 0 aliphatic rings. The zero-order chi connectivity index (χ0) is 21.7. The number of rotatable bonds is 3. The molecular weight excluding hydrogens is 401 g/mol. The zero-order valence-corrected chi connectivity index (χ0v) is 16.5. The van der Waals surface area contributed by atoms with Gasteiger partial charge in [-0.1, -0.05) is 12.1 Å². The second-order valence-electron chi connectivity index (χ2n) is 6.86. The van der Waals surface area contributed by atoms with Crippen molar-refractivity contribution < 1.29 is 13.5 Å². The SMILES string of the molecule is COc1nc(-c2ccc(C#N)cc2)c(-c2cc(F)c3c(c2)oc(=O)n3C)c2nccn12. The number of aromatic nitrogens is 4. The van der Waals surface area contributed by atoms with Crippen LogP contribution in [0.5, 0.6) is 6.01 Å². The highest BCUT2D eigenvalue weighted by Crippen LogP contribution is 2.37. The molecule has 9 heteroatoms. The minimum atomic E-state index is -0.655. The van der Waals surface area contributed by atoms with Crippen LogP contribution in [0, 0.1) is 17.1 Å². The molecule has 0 saturated carbocycles. The average Bonchev–Trinajstić information content (AvgIpc) is 3.37. The second kappa shape index (κ2) is 6.81. The average molecular weight is 415 g/mol. The van der Waals surface area contributed by atoms with Crippen molar-refractivity contribution in [3.63, 3.8) is 0 Å². The number of oxazole rings is 1. The van der Waals surface area contributed by atoms with E-state index >= 15 is 0 Å². The molecule has 0 fully saturated rings. The maximum atomic E-state index is 15.0. The molecule has 0 N–H and O–H groups in total. The van der Waals surface area contributed by atoms with Crippen LogP contribution in [0.25, 0.3) is 39.1 Å². The molecular formula is C22H14FN5O3. The number of nitrogens with zero attached hydrogens (tertiary/aromatic N) is 5. The Morgan fingerprint density at radius 1 is 1.19 bits per heavy atom. The smallest absolute Gasteiger partial charge is 0.419 e. The molecule has 0 saturated heterocycles. The van der Waals surface area contributed by atoms with E-state index in [4.69, 9.17) is 14.4 Å². The molecule has 0 bridgehead atoms. The molecule has 8 nitrogen and oxygen atoms in total. The number of nitriles is 1. The van der Waals surface area contributed by atoms with E-state index in [-0.39, 0.29) is 11.1 Å². The maximum absolute atomic E-state index is 15.0. The van der Waals surface area contributed by atoms with Gasteiger partial charge in [0.25, 0.3) is 0 Å².